The van der Waals surface area contributed by atoms with Gasteiger partial charge in [0.05, 0.1) is 0 Å². The molecule has 0 saturated carbocycles. The molecule has 1 aromatic rings. The summed E-state index contributed by atoms with van der Waals surface area (Å²) in [4.78, 5) is 10.9. The zero-order valence-corrected chi connectivity index (χ0v) is 5.66. The molecule has 0 unspecified atom stereocenters. The molecule has 2 N–H and O–H groups in total. The van der Waals surface area contributed by atoms with Gasteiger partial charge in [-0.05, 0) is 12.1 Å². The second-order valence-electron chi connectivity index (χ2n) is 1.77. The maximum atomic E-state index is 10.9. The van der Waals surface area contributed by atoms with E-state index in [9.17, 15) is 4.79 Å². The number of amides is 1. The second kappa shape index (κ2) is 3.03. The molecule has 4 nitrogen and oxygen atoms in total. The number of carbonyl (C=O) groups is 1. The van der Waals surface area contributed by atoms with Crippen LogP contribution in [0, 0.1) is 0 Å². The van der Waals surface area contributed by atoms with Gasteiger partial charge in [0.25, 0.3) is 0 Å². The monoisotopic (exact) mass is 139 g/mol. The highest BCUT2D eigenvalue weighted by Crippen LogP contribution is 1.86. The van der Waals surface area contributed by atoms with Crippen molar-refractivity contribution in [2.24, 2.45) is 0 Å². The van der Waals surface area contributed by atoms with Gasteiger partial charge in [0.1, 0.15) is 0 Å². The lowest BCUT2D eigenvalue weighted by atomic mass is 10.7. The van der Waals surface area contributed by atoms with Crippen molar-refractivity contribution in [1.82, 2.24) is 15.4 Å². The van der Waals surface area contributed by atoms with Crippen LogP contribution < -0.4 is 10.9 Å². The Hall–Kier alpha value is -1.29. The largest absolute Gasteiger partial charge is 0.339 e. The molecule has 0 aliphatic carbocycles. The summed E-state index contributed by atoms with van der Waals surface area (Å²) in [6.07, 6.45) is 3.35. The van der Waals surface area contributed by atoms with Gasteiger partial charge in [0, 0.05) is 19.4 Å². The van der Waals surface area contributed by atoms with Gasteiger partial charge in [-0.3, -0.25) is 9.99 Å². The van der Waals surface area contributed by atoms with E-state index in [2.05, 4.69) is 10.9 Å². The number of nitrogens with zero attached hydrogens (tertiary/aromatic N) is 1. The van der Waals surface area contributed by atoms with Gasteiger partial charge in [0.15, 0.2) is 0 Å². The molecule has 10 heavy (non-hydrogen) atoms. The van der Waals surface area contributed by atoms with E-state index in [-0.39, 0.29) is 6.03 Å². The SMILES string of the molecule is CNNC(=O)n1cccc1. The molecule has 0 saturated heterocycles. The molecule has 0 aromatic carbocycles. The standard InChI is InChI=1S/C6H9N3O/c1-7-8-6(10)9-4-2-3-5-9/h2-5,7H,1H3,(H,8,10). The normalized spacial score (nSPS) is 9.30. The van der Waals surface area contributed by atoms with Crippen LogP contribution >= 0.6 is 0 Å². The summed E-state index contributed by atoms with van der Waals surface area (Å²) in [5, 5.41) is 0. The number of hydrazine groups is 1. The molecule has 0 atom stereocenters. The quantitative estimate of drug-likeness (QED) is 0.545. The zero-order valence-electron chi connectivity index (χ0n) is 5.66. The Morgan fingerprint density at radius 1 is 1.40 bits per heavy atom. The fourth-order valence-corrected chi connectivity index (χ4v) is 0.641. The summed E-state index contributed by atoms with van der Waals surface area (Å²) < 4.78 is 1.44. The Bertz CT molecular complexity index is 205. The van der Waals surface area contributed by atoms with E-state index in [4.69, 9.17) is 0 Å². The predicted octanol–water partition coefficient (Wildman–Crippen LogP) is 0.180. The van der Waals surface area contributed by atoms with Crippen molar-refractivity contribution in [2.75, 3.05) is 7.05 Å². The highest BCUT2D eigenvalue weighted by atomic mass is 16.2. The van der Waals surface area contributed by atoms with E-state index in [0.717, 1.165) is 0 Å². The highest BCUT2D eigenvalue weighted by Gasteiger charge is 1.97. The van der Waals surface area contributed by atoms with E-state index in [1.807, 2.05) is 0 Å². The average molecular weight is 139 g/mol. The van der Waals surface area contributed by atoms with Crippen LogP contribution in [0.5, 0.6) is 0 Å². The Kier molecular flexibility index (Phi) is 2.07. The number of aromatic nitrogens is 1. The molecule has 0 fully saturated rings. The summed E-state index contributed by atoms with van der Waals surface area (Å²) in [7, 11) is 1.64. The molecule has 1 heterocycles. The van der Waals surface area contributed by atoms with E-state index < -0.39 is 0 Å². The lowest BCUT2D eigenvalue weighted by Gasteiger charge is -2.01. The highest BCUT2D eigenvalue weighted by molar-refractivity contribution is 5.75. The fraction of sp³-hybridized carbons (Fsp3) is 0.167. The lowest BCUT2D eigenvalue weighted by Crippen LogP contribution is -2.36. The topological polar surface area (TPSA) is 46.1 Å². The molecule has 1 amide bonds. The van der Waals surface area contributed by atoms with E-state index in [1.165, 1.54) is 4.57 Å². The van der Waals surface area contributed by atoms with Gasteiger partial charge in [0.2, 0.25) is 0 Å². The summed E-state index contributed by atoms with van der Waals surface area (Å²) in [5.74, 6) is 0. The average Bonchev–Trinajstić information content (AvgIpc) is 2.38. The number of hydrogen-bond donors (Lipinski definition) is 2. The van der Waals surface area contributed by atoms with Gasteiger partial charge >= 0.3 is 6.03 Å². The molecule has 1 aromatic heterocycles. The van der Waals surface area contributed by atoms with Crippen molar-refractivity contribution in [1.29, 1.82) is 0 Å². The third kappa shape index (κ3) is 1.35. The molecule has 4 heteroatoms. The molecule has 0 radical (unpaired) electrons. The summed E-state index contributed by atoms with van der Waals surface area (Å²) in [5.41, 5.74) is 4.96. The van der Waals surface area contributed by atoms with Crippen molar-refractivity contribution in [3.05, 3.63) is 24.5 Å². The van der Waals surface area contributed by atoms with Gasteiger partial charge in [-0.25, -0.2) is 10.2 Å². The molecular weight excluding hydrogens is 130 g/mol. The molecule has 0 aliphatic heterocycles. The second-order valence-corrected chi connectivity index (χ2v) is 1.77. The minimum Gasteiger partial charge on any atom is -0.276 e. The summed E-state index contributed by atoms with van der Waals surface area (Å²) in [6, 6.07) is 3.39. The molecular formula is C6H9N3O. The maximum Gasteiger partial charge on any atom is 0.339 e. The first-order chi connectivity index (χ1) is 4.84. The molecule has 0 bridgehead atoms. The Balaban J connectivity index is 2.59. The van der Waals surface area contributed by atoms with Crippen LogP contribution in [-0.2, 0) is 0 Å². The number of hydrogen-bond acceptors (Lipinski definition) is 2. The predicted molar refractivity (Wildman–Crippen MR) is 37.4 cm³/mol. The first kappa shape index (κ1) is 6.82. The van der Waals surface area contributed by atoms with Crippen LogP contribution in [0.4, 0.5) is 4.79 Å². The number of nitrogens with one attached hydrogen (secondary N) is 2. The lowest BCUT2D eigenvalue weighted by molar-refractivity contribution is 0.239. The van der Waals surface area contributed by atoms with Crippen molar-refractivity contribution < 1.29 is 4.79 Å². The van der Waals surface area contributed by atoms with Crippen LogP contribution in [-0.4, -0.2) is 17.6 Å². The van der Waals surface area contributed by atoms with Crippen LogP contribution in [0.2, 0.25) is 0 Å². The molecule has 1 rings (SSSR count). The Morgan fingerprint density at radius 2 is 2.00 bits per heavy atom. The van der Waals surface area contributed by atoms with Crippen molar-refractivity contribution in [2.45, 2.75) is 0 Å². The minimum absolute atomic E-state index is 0.187. The van der Waals surface area contributed by atoms with Crippen LogP contribution in [0.15, 0.2) is 24.5 Å². The Labute approximate surface area is 58.8 Å². The third-order valence-corrected chi connectivity index (χ3v) is 1.07. The van der Waals surface area contributed by atoms with Crippen LogP contribution in [0.1, 0.15) is 0 Å². The van der Waals surface area contributed by atoms with E-state index in [0.29, 0.717) is 0 Å². The van der Waals surface area contributed by atoms with Crippen molar-refractivity contribution in [3.8, 4) is 0 Å². The van der Waals surface area contributed by atoms with Crippen molar-refractivity contribution >= 4 is 6.03 Å². The zero-order chi connectivity index (χ0) is 7.40. The molecule has 0 aliphatic rings. The summed E-state index contributed by atoms with van der Waals surface area (Å²) in [6.45, 7) is 0. The van der Waals surface area contributed by atoms with Crippen LogP contribution in [0.25, 0.3) is 0 Å². The molecule has 0 spiro atoms. The first-order valence-electron chi connectivity index (χ1n) is 2.94. The molecule has 54 valence electrons. The number of carbonyl (C=O) groups excluding carboxylic acids is 1. The maximum absolute atomic E-state index is 10.9. The van der Waals surface area contributed by atoms with E-state index >= 15 is 0 Å². The number of rotatable bonds is 1. The Morgan fingerprint density at radius 3 is 2.50 bits per heavy atom. The van der Waals surface area contributed by atoms with Crippen molar-refractivity contribution in [3.63, 3.8) is 0 Å². The fourth-order valence-electron chi connectivity index (χ4n) is 0.641. The van der Waals surface area contributed by atoms with Gasteiger partial charge in [-0.1, -0.05) is 0 Å². The third-order valence-electron chi connectivity index (χ3n) is 1.07. The van der Waals surface area contributed by atoms with Gasteiger partial charge < -0.3 is 0 Å². The minimum atomic E-state index is -0.187. The smallest absolute Gasteiger partial charge is 0.276 e. The van der Waals surface area contributed by atoms with E-state index in [1.54, 1.807) is 31.6 Å². The van der Waals surface area contributed by atoms with Gasteiger partial charge in [-0.2, -0.15) is 0 Å². The van der Waals surface area contributed by atoms with Gasteiger partial charge in [-0.15, -0.1) is 0 Å². The first-order valence-corrected chi connectivity index (χ1v) is 2.94. The summed E-state index contributed by atoms with van der Waals surface area (Å²) >= 11 is 0. The van der Waals surface area contributed by atoms with Crippen LogP contribution in [0.3, 0.4) is 0 Å².